The number of aromatic nitrogens is 2. The van der Waals surface area contributed by atoms with Gasteiger partial charge in [0.05, 0.1) is 23.7 Å². The van der Waals surface area contributed by atoms with E-state index < -0.39 is 11.2 Å². The van der Waals surface area contributed by atoms with Crippen molar-refractivity contribution in [1.82, 2.24) is 19.4 Å². The van der Waals surface area contributed by atoms with Gasteiger partial charge in [-0.15, -0.1) is 0 Å². The van der Waals surface area contributed by atoms with Gasteiger partial charge in [-0.1, -0.05) is 30.3 Å². The number of benzene rings is 2. The number of nitrogens with zero attached hydrogens (tertiary/aromatic N) is 3. The number of hydrogen-bond acceptors (Lipinski definition) is 5. The lowest BCUT2D eigenvalue weighted by Crippen LogP contribution is -2.47. The van der Waals surface area contributed by atoms with Crippen LogP contribution < -0.4 is 16.6 Å². The molecule has 39 heavy (non-hydrogen) atoms. The molecule has 5 rings (SSSR count). The Labute approximate surface area is 225 Å². The highest BCUT2D eigenvalue weighted by atomic mass is 16.3. The van der Waals surface area contributed by atoms with E-state index in [-0.39, 0.29) is 41.8 Å². The molecule has 1 aliphatic heterocycles. The van der Waals surface area contributed by atoms with E-state index >= 15 is 0 Å². The summed E-state index contributed by atoms with van der Waals surface area (Å²) in [5, 5.41) is 3.15. The van der Waals surface area contributed by atoms with E-state index in [1.54, 1.807) is 29.2 Å². The van der Waals surface area contributed by atoms with Crippen molar-refractivity contribution >= 4 is 22.7 Å². The van der Waals surface area contributed by atoms with Crippen LogP contribution in [0.1, 0.15) is 47.9 Å². The number of nitrogens with one attached hydrogen (secondary N) is 1. The molecule has 9 heteroatoms. The molecule has 0 bridgehead atoms. The quantitative estimate of drug-likeness (QED) is 0.378. The SMILES string of the molecule is C[C@@H]1CCCCN1C(=O)Cn1c(=O)n(Cc2ccco2)c(=O)c2ccc(C(=O)NCCc3ccccc3)cc21. The van der Waals surface area contributed by atoms with Crippen LogP contribution in [0.3, 0.4) is 0 Å². The Morgan fingerprint density at radius 1 is 1.00 bits per heavy atom. The van der Waals surface area contributed by atoms with Crippen molar-refractivity contribution in [2.24, 2.45) is 0 Å². The Hall–Kier alpha value is -4.40. The van der Waals surface area contributed by atoms with Gasteiger partial charge in [0.25, 0.3) is 11.5 Å². The normalized spacial score (nSPS) is 15.4. The molecule has 2 aromatic carbocycles. The molecule has 4 aromatic rings. The van der Waals surface area contributed by atoms with Crippen LogP contribution in [0, 0.1) is 0 Å². The summed E-state index contributed by atoms with van der Waals surface area (Å²) in [6, 6.07) is 17.9. The zero-order valence-corrected chi connectivity index (χ0v) is 22.0. The third-order valence-corrected chi connectivity index (χ3v) is 7.34. The molecule has 3 heterocycles. The molecule has 0 radical (unpaired) electrons. The molecule has 2 aromatic heterocycles. The van der Waals surface area contributed by atoms with Crippen LogP contribution in [-0.4, -0.2) is 45.0 Å². The predicted molar refractivity (Wildman–Crippen MR) is 148 cm³/mol. The van der Waals surface area contributed by atoms with Crippen LogP contribution in [0.15, 0.2) is 80.9 Å². The minimum Gasteiger partial charge on any atom is -0.467 e. The first kappa shape index (κ1) is 26.2. The summed E-state index contributed by atoms with van der Waals surface area (Å²) in [5.41, 5.74) is 0.550. The van der Waals surface area contributed by atoms with Crippen molar-refractivity contribution in [1.29, 1.82) is 0 Å². The van der Waals surface area contributed by atoms with E-state index in [9.17, 15) is 19.2 Å². The van der Waals surface area contributed by atoms with Gasteiger partial charge < -0.3 is 14.6 Å². The van der Waals surface area contributed by atoms with Crippen LogP contribution in [0.25, 0.3) is 10.9 Å². The summed E-state index contributed by atoms with van der Waals surface area (Å²) >= 11 is 0. The van der Waals surface area contributed by atoms with Crippen molar-refractivity contribution in [3.05, 3.63) is 105 Å². The fraction of sp³-hybridized carbons (Fsp3) is 0.333. The van der Waals surface area contributed by atoms with Crippen molar-refractivity contribution in [2.75, 3.05) is 13.1 Å². The van der Waals surface area contributed by atoms with Crippen LogP contribution in [0.2, 0.25) is 0 Å². The molecule has 0 spiro atoms. The second-order valence-corrected chi connectivity index (χ2v) is 9.99. The van der Waals surface area contributed by atoms with Crippen molar-refractivity contribution < 1.29 is 14.0 Å². The lowest BCUT2D eigenvalue weighted by atomic mass is 10.0. The van der Waals surface area contributed by atoms with E-state index in [0.717, 1.165) is 29.4 Å². The first-order chi connectivity index (χ1) is 18.9. The topological polar surface area (TPSA) is 107 Å². The Balaban J connectivity index is 1.49. The van der Waals surface area contributed by atoms with Crippen LogP contribution in [-0.2, 0) is 24.3 Å². The van der Waals surface area contributed by atoms with Gasteiger partial charge in [-0.2, -0.15) is 0 Å². The fourth-order valence-corrected chi connectivity index (χ4v) is 5.17. The van der Waals surface area contributed by atoms with Crippen molar-refractivity contribution in [2.45, 2.75) is 51.7 Å². The second-order valence-electron chi connectivity index (χ2n) is 9.99. The maximum absolute atomic E-state index is 13.7. The third-order valence-electron chi connectivity index (χ3n) is 7.34. The van der Waals surface area contributed by atoms with E-state index in [2.05, 4.69) is 5.32 Å². The summed E-state index contributed by atoms with van der Waals surface area (Å²) in [7, 11) is 0. The molecular weight excluding hydrogens is 496 g/mol. The summed E-state index contributed by atoms with van der Waals surface area (Å²) in [4.78, 5) is 55.2. The van der Waals surface area contributed by atoms with E-state index in [1.807, 2.05) is 37.3 Å². The van der Waals surface area contributed by atoms with Gasteiger partial charge in [0.15, 0.2) is 0 Å². The van der Waals surface area contributed by atoms with E-state index in [4.69, 9.17) is 4.42 Å². The molecule has 0 saturated carbocycles. The zero-order valence-electron chi connectivity index (χ0n) is 22.0. The number of carbonyl (C=O) groups is 2. The lowest BCUT2D eigenvalue weighted by Gasteiger charge is -2.33. The number of furan rings is 1. The molecular formula is C30H32N4O5. The molecule has 1 saturated heterocycles. The smallest absolute Gasteiger partial charge is 0.332 e. The van der Waals surface area contributed by atoms with Gasteiger partial charge in [0, 0.05) is 24.7 Å². The summed E-state index contributed by atoms with van der Waals surface area (Å²) in [5.74, 6) is -0.0559. The Kier molecular flexibility index (Phi) is 7.76. The number of fused-ring (bicyclic) bond motifs is 1. The molecule has 0 unspecified atom stereocenters. The second kappa shape index (κ2) is 11.6. The standard InChI is InChI=1S/C30H32N4O5/c1-21-8-5-6-16-32(21)27(35)20-33-26-18-23(28(36)31-15-14-22-9-3-2-4-10-22)12-13-25(26)29(37)34(30(33)38)19-24-11-7-17-39-24/h2-4,7,9-13,17-18,21H,5-6,8,14-16,19-20H2,1H3,(H,31,36)/t21-/m1/s1. The van der Waals surface area contributed by atoms with Gasteiger partial charge in [-0.3, -0.25) is 23.5 Å². The van der Waals surface area contributed by atoms with Gasteiger partial charge in [-0.05, 0) is 68.5 Å². The maximum atomic E-state index is 13.7. The Bertz CT molecular complexity index is 1590. The zero-order chi connectivity index (χ0) is 27.4. The van der Waals surface area contributed by atoms with Crippen molar-refractivity contribution in [3.8, 4) is 0 Å². The number of carbonyl (C=O) groups excluding carboxylic acids is 2. The summed E-state index contributed by atoms with van der Waals surface area (Å²) in [6.45, 7) is 2.79. The first-order valence-electron chi connectivity index (χ1n) is 13.3. The molecule has 1 aliphatic rings. The van der Waals surface area contributed by atoms with Crippen LogP contribution in [0.5, 0.6) is 0 Å². The molecule has 202 valence electrons. The number of piperidine rings is 1. The van der Waals surface area contributed by atoms with Gasteiger partial charge in [-0.25, -0.2) is 4.79 Å². The van der Waals surface area contributed by atoms with Gasteiger partial charge in [0.1, 0.15) is 12.3 Å². The van der Waals surface area contributed by atoms with Crippen LogP contribution >= 0.6 is 0 Å². The highest BCUT2D eigenvalue weighted by Crippen LogP contribution is 2.18. The fourth-order valence-electron chi connectivity index (χ4n) is 5.17. The molecule has 2 amide bonds. The van der Waals surface area contributed by atoms with E-state index in [0.29, 0.717) is 30.8 Å². The minimum absolute atomic E-state index is 0.0589. The third kappa shape index (κ3) is 5.72. The Morgan fingerprint density at radius 2 is 1.82 bits per heavy atom. The van der Waals surface area contributed by atoms with Gasteiger partial charge >= 0.3 is 5.69 Å². The maximum Gasteiger partial charge on any atom is 0.332 e. The molecule has 1 N–H and O–H groups in total. The minimum atomic E-state index is -0.622. The number of likely N-dealkylation sites (tertiary alicyclic amines) is 1. The number of hydrogen-bond donors (Lipinski definition) is 1. The van der Waals surface area contributed by atoms with Crippen LogP contribution in [0.4, 0.5) is 0 Å². The summed E-state index contributed by atoms with van der Waals surface area (Å²) in [6.07, 6.45) is 5.03. The number of amides is 2. The summed E-state index contributed by atoms with van der Waals surface area (Å²) < 4.78 is 7.76. The van der Waals surface area contributed by atoms with Crippen molar-refractivity contribution in [3.63, 3.8) is 0 Å². The average molecular weight is 529 g/mol. The molecule has 1 atom stereocenters. The first-order valence-corrected chi connectivity index (χ1v) is 13.3. The molecule has 1 fully saturated rings. The van der Waals surface area contributed by atoms with Gasteiger partial charge in [0.2, 0.25) is 5.91 Å². The monoisotopic (exact) mass is 528 g/mol. The van der Waals surface area contributed by atoms with E-state index in [1.165, 1.54) is 16.9 Å². The molecule has 0 aliphatic carbocycles. The Morgan fingerprint density at radius 3 is 2.56 bits per heavy atom. The number of rotatable bonds is 8. The largest absolute Gasteiger partial charge is 0.467 e. The predicted octanol–water partition coefficient (Wildman–Crippen LogP) is 3.18. The lowest BCUT2D eigenvalue weighted by molar-refractivity contribution is -0.135. The highest BCUT2D eigenvalue weighted by molar-refractivity contribution is 5.98. The highest BCUT2D eigenvalue weighted by Gasteiger charge is 2.25. The molecule has 9 nitrogen and oxygen atoms in total. The average Bonchev–Trinajstić information content (AvgIpc) is 3.47.